The Morgan fingerprint density at radius 2 is 0.979 bits per heavy atom. The van der Waals surface area contributed by atoms with E-state index in [4.69, 9.17) is 18.9 Å². The standard InChI is InChI=1S/C42H37BrO4/c43-36-23-32-14-11-28-9-12-30-21-26(24-46-37-5-1-3-19-44-37)7-16-33(30)39(28)41(32)42-35(36)18-15-29-10-13-31-22-27(8-17-34(31)40(29)42)25-47-38-6-2-4-20-45-38/h7-18,21-23,37-38H,1-6,19-20,24-25H2. The Labute approximate surface area is 282 Å². The van der Waals surface area contributed by atoms with Gasteiger partial charge in [0.15, 0.2) is 12.6 Å². The van der Waals surface area contributed by atoms with E-state index in [1.165, 1.54) is 88.6 Å². The van der Waals surface area contributed by atoms with E-state index < -0.39 is 0 Å². The van der Waals surface area contributed by atoms with E-state index >= 15 is 0 Å². The summed E-state index contributed by atoms with van der Waals surface area (Å²) < 4.78 is 25.0. The average Bonchev–Trinajstić information content (AvgIpc) is 3.13. The number of benzene rings is 7. The summed E-state index contributed by atoms with van der Waals surface area (Å²) in [5.74, 6) is 0. The Hall–Kier alpha value is -3.58. The topological polar surface area (TPSA) is 36.9 Å². The summed E-state index contributed by atoms with van der Waals surface area (Å²) in [5, 5.41) is 15.1. The van der Waals surface area contributed by atoms with Gasteiger partial charge in [-0.05, 0) is 132 Å². The molecule has 0 saturated carbocycles. The van der Waals surface area contributed by atoms with Gasteiger partial charge in [-0.3, -0.25) is 0 Å². The fourth-order valence-corrected chi connectivity index (χ4v) is 8.31. The average molecular weight is 686 g/mol. The largest absolute Gasteiger partial charge is 0.353 e. The second-order valence-corrected chi connectivity index (χ2v) is 14.0. The predicted octanol–water partition coefficient (Wildman–Crippen LogP) is 11.5. The van der Waals surface area contributed by atoms with Crippen molar-refractivity contribution in [3.63, 3.8) is 0 Å². The Morgan fingerprint density at radius 1 is 0.489 bits per heavy atom. The van der Waals surface area contributed by atoms with Crippen molar-refractivity contribution in [2.75, 3.05) is 13.2 Å². The maximum absolute atomic E-state index is 6.15. The Balaban J connectivity index is 1.22. The van der Waals surface area contributed by atoms with E-state index in [0.717, 1.165) is 43.4 Å². The first kappa shape index (κ1) is 29.6. The van der Waals surface area contributed by atoms with Crippen molar-refractivity contribution >= 4 is 80.6 Å². The molecule has 2 atom stereocenters. The molecular weight excluding hydrogens is 648 g/mol. The predicted molar refractivity (Wildman–Crippen MR) is 196 cm³/mol. The summed E-state index contributed by atoms with van der Waals surface area (Å²) in [7, 11) is 0. The highest BCUT2D eigenvalue weighted by Crippen LogP contribution is 2.44. The minimum absolute atomic E-state index is 0.0950. The number of ether oxygens (including phenoxy) is 4. The minimum Gasteiger partial charge on any atom is -0.353 e. The summed E-state index contributed by atoms with van der Waals surface area (Å²) >= 11 is 3.96. The molecule has 5 heteroatoms. The van der Waals surface area contributed by atoms with Crippen LogP contribution in [0.5, 0.6) is 0 Å². The van der Waals surface area contributed by atoms with Crippen LogP contribution in [0.1, 0.15) is 49.7 Å². The molecule has 4 nitrogen and oxygen atoms in total. The van der Waals surface area contributed by atoms with Gasteiger partial charge in [0.1, 0.15) is 0 Å². The van der Waals surface area contributed by atoms with Crippen molar-refractivity contribution < 1.29 is 18.9 Å². The zero-order valence-electron chi connectivity index (χ0n) is 26.4. The molecule has 2 heterocycles. The second kappa shape index (κ2) is 12.5. The van der Waals surface area contributed by atoms with E-state index in [1.807, 2.05) is 0 Å². The zero-order chi connectivity index (χ0) is 31.3. The highest BCUT2D eigenvalue weighted by atomic mass is 79.9. The van der Waals surface area contributed by atoms with E-state index in [2.05, 4.69) is 107 Å². The van der Waals surface area contributed by atoms with Crippen LogP contribution in [0.3, 0.4) is 0 Å². The summed E-state index contributed by atoms with van der Waals surface area (Å²) in [6, 6.07) is 34.0. The maximum Gasteiger partial charge on any atom is 0.158 e. The molecule has 0 N–H and O–H groups in total. The van der Waals surface area contributed by atoms with Gasteiger partial charge in [-0.1, -0.05) is 88.7 Å². The molecule has 0 spiro atoms. The highest BCUT2D eigenvalue weighted by molar-refractivity contribution is 9.10. The molecule has 7 aromatic rings. The Morgan fingerprint density at radius 3 is 1.53 bits per heavy atom. The monoisotopic (exact) mass is 684 g/mol. The maximum atomic E-state index is 6.15. The smallest absolute Gasteiger partial charge is 0.158 e. The van der Waals surface area contributed by atoms with Crippen LogP contribution >= 0.6 is 15.9 Å². The van der Waals surface area contributed by atoms with Gasteiger partial charge in [-0.15, -0.1) is 0 Å². The van der Waals surface area contributed by atoms with Crippen LogP contribution in [-0.4, -0.2) is 25.8 Å². The van der Waals surface area contributed by atoms with Gasteiger partial charge in [0.2, 0.25) is 0 Å². The van der Waals surface area contributed by atoms with Crippen LogP contribution in [0.2, 0.25) is 0 Å². The molecule has 0 radical (unpaired) electrons. The number of hydrogen-bond donors (Lipinski definition) is 0. The van der Waals surface area contributed by atoms with Crippen LogP contribution in [0.15, 0.2) is 95.5 Å². The number of hydrogen-bond acceptors (Lipinski definition) is 4. The van der Waals surface area contributed by atoms with Gasteiger partial charge in [0.05, 0.1) is 13.2 Å². The van der Waals surface area contributed by atoms with Gasteiger partial charge in [0, 0.05) is 17.7 Å². The summed E-state index contributed by atoms with van der Waals surface area (Å²) in [5.41, 5.74) is 2.34. The molecular formula is C42H37BrO4. The van der Waals surface area contributed by atoms with Crippen LogP contribution in [0.25, 0.3) is 64.6 Å². The molecule has 2 aliphatic heterocycles. The normalized spacial score (nSPS) is 19.1. The Bertz CT molecular complexity index is 2300. The van der Waals surface area contributed by atoms with Crippen molar-refractivity contribution in [3.8, 4) is 0 Å². The third kappa shape index (κ3) is 5.48. The summed E-state index contributed by atoms with van der Waals surface area (Å²) in [4.78, 5) is 0. The van der Waals surface area contributed by atoms with E-state index in [0.29, 0.717) is 13.2 Å². The molecule has 0 amide bonds. The molecule has 2 fully saturated rings. The van der Waals surface area contributed by atoms with Crippen LogP contribution < -0.4 is 0 Å². The van der Waals surface area contributed by atoms with Gasteiger partial charge in [0.25, 0.3) is 0 Å². The summed E-state index contributed by atoms with van der Waals surface area (Å²) in [6.45, 7) is 2.70. The zero-order valence-corrected chi connectivity index (χ0v) is 28.0. The van der Waals surface area contributed by atoms with Crippen molar-refractivity contribution in [1.82, 2.24) is 0 Å². The second-order valence-electron chi connectivity index (χ2n) is 13.2. The van der Waals surface area contributed by atoms with Crippen molar-refractivity contribution in [2.45, 2.75) is 64.3 Å². The molecule has 0 aliphatic carbocycles. The lowest BCUT2D eigenvalue weighted by Crippen LogP contribution is -2.21. The first-order valence-corrected chi connectivity index (χ1v) is 17.8. The summed E-state index contributed by atoms with van der Waals surface area (Å²) in [6.07, 6.45) is 6.34. The molecule has 47 heavy (non-hydrogen) atoms. The van der Waals surface area contributed by atoms with Gasteiger partial charge in [-0.2, -0.15) is 0 Å². The Kier molecular flexibility index (Phi) is 7.84. The fourth-order valence-electron chi connectivity index (χ4n) is 7.73. The van der Waals surface area contributed by atoms with E-state index in [1.54, 1.807) is 0 Å². The van der Waals surface area contributed by atoms with Gasteiger partial charge >= 0.3 is 0 Å². The van der Waals surface area contributed by atoms with E-state index in [-0.39, 0.29) is 12.6 Å². The lowest BCUT2D eigenvalue weighted by Gasteiger charge is -2.22. The quantitative estimate of drug-likeness (QED) is 0.163. The first-order valence-electron chi connectivity index (χ1n) is 17.0. The lowest BCUT2D eigenvalue weighted by atomic mass is 9.88. The van der Waals surface area contributed by atoms with E-state index in [9.17, 15) is 0 Å². The SMILES string of the molecule is Brc1cc2ccc3ccc4cc(COC5CCCCO5)ccc4c3c2c2c1ccc1ccc3cc(COC4CCCCO4)ccc3c12. The number of halogens is 1. The van der Waals surface area contributed by atoms with Crippen molar-refractivity contribution in [1.29, 1.82) is 0 Å². The number of fused-ring (bicyclic) bond motifs is 11. The molecule has 2 saturated heterocycles. The van der Waals surface area contributed by atoms with Crippen LogP contribution in [-0.2, 0) is 32.2 Å². The molecule has 0 aromatic heterocycles. The third-order valence-corrected chi connectivity index (χ3v) is 10.8. The van der Waals surface area contributed by atoms with Crippen molar-refractivity contribution in [3.05, 3.63) is 107 Å². The number of rotatable bonds is 6. The van der Waals surface area contributed by atoms with Crippen LogP contribution in [0, 0.1) is 0 Å². The highest BCUT2D eigenvalue weighted by Gasteiger charge is 2.18. The lowest BCUT2D eigenvalue weighted by molar-refractivity contribution is -0.169. The van der Waals surface area contributed by atoms with Crippen LogP contribution in [0.4, 0.5) is 0 Å². The molecule has 2 unspecified atom stereocenters. The first-order chi connectivity index (χ1) is 23.2. The molecule has 7 aromatic carbocycles. The van der Waals surface area contributed by atoms with Gasteiger partial charge in [-0.25, -0.2) is 0 Å². The minimum atomic E-state index is -0.0960. The molecule has 9 rings (SSSR count). The molecule has 0 bridgehead atoms. The van der Waals surface area contributed by atoms with Crippen molar-refractivity contribution in [2.24, 2.45) is 0 Å². The van der Waals surface area contributed by atoms with Gasteiger partial charge < -0.3 is 18.9 Å². The fraction of sp³-hybridized carbons (Fsp3) is 0.286. The molecule has 2 aliphatic rings. The molecule has 236 valence electrons. The third-order valence-electron chi connectivity index (χ3n) is 10.1.